The zero-order chi connectivity index (χ0) is 13.3. The van der Waals surface area contributed by atoms with Gasteiger partial charge in [-0.1, -0.05) is 18.5 Å². The fraction of sp³-hybridized carbons (Fsp3) is 0.417. The third-order valence-electron chi connectivity index (χ3n) is 3.16. The molecule has 1 fully saturated rings. The lowest BCUT2D eigenvalue weighted by Crippen LogP contribution is -2.30. The zero-order valence-electron chi connectivity index (χ0n) is 9.84. The Bertz CT molecular complexity index is 492. The molecule has 0 aliphatic carbocycles. The zero-order valence-corrected chi connectivity index (χ0v) is 10.6. The number of halogens is 1. The Morgan fingerprint density at radius 2 is 2.22 bits per heavy atom. The highest BCUT2D eigenvalue weighted by atomic mass is 35.5. The minimum Gasteiger partial charge on any atom is -0.481 e. The van der Waals surface area contributed by atoms with Crippen molar-refractivity contribution in [2.45, 2.75) is 6.92 Å². The van der Waals surface area contributed by atoms with E-state index >= 15 is 0 Å². The summed E-state index contributed by atoms with van der Waals surface area (Å²) in [5, 5.41) is 9.46. The molecule has 0 spiro atoms. The lowest BCUT2D eigenvalue weighted by Gasteiger charge is -2.15. The van der Waals surface area contributed by atoms with Crippen molar-refractivity contribution < 1.29 is 14.7 Å². The quantitative estimate of drug-likeness (QED) is 0.883. The van der Waals surface area contributed by atoms with Crippen molar-refractivity contribution in [3.05, 3.63) is 29.0 Å². The number of aromatic nitrogens is 1. The third kappa shape index (κ3) is 2.46. The molecule has 1 saturated heterocycles. The van der Waals surface area contributed by atoms with Crippen LogP contribution in [0.1, 0.15) is 17.4 Å². The van der Waals surface area contributed by atoms with E-state index in [1.54, 1.807) is 6.07 Å². The molecule has 0 saturated carbocycles. The molecule has 1 aliphatic heterocycles. The van der Waals surface area contributed by atoms with E-state index in [2.05, 4.69) is 4.98 Å². The third-order valence-corrected chi connectivity index (χ3v) is 3.39. The number of likely N-dealkylation sites (tertiary alicyclic amines) is 1. The maximum atomic E-state index is 12.1. The Hall–Kier alpha value is -1.62. The monoisotopic (exact) mass is 268 g/mol. The molecule has 1 aromatic heterocycles. The van der Waals surface area contributed by atoms with Crippen molar-refractivity contribution >= 4 is 23.5 Å². The van der Waals surface area contributed by atoms with Crippen LogP contribution >= 0.6 is 11.6 Å². The Morgan fingerprint density at radius 3 is 2.78 bits per heavy atom. The first kappa shape index (κ1) is 12.8. The van der Waals surface area contributed by atoms with Crippen molar-refractivity contribution in [2.24, 2.45) is 11.8 Å². The molecule has 0 radical (unpaired) electrons. The summed E-state index contributed by atoms with van der Waals surface area (Å²) in [6, 6.07) is 3.08. The molecule has 1 aromatic rings. The van der Waals surface area contributed by atoms with Crippen LogP contribution in [0.15, 0.2) is 18.3 Å². The van der Waals surface area contributed by atoms with Crippen LogP contribution in [0.5, 0.6) is 0 Å². The number of pyridine rings is 1. The van der Waals surface area contributed by atoms with E-state index < -0.39 is 11.9 Å². The highest BCUT2D eigenvalue weighted by molar-refractivity contribution is 6.30. The molecular weight excluding hydrogens is 256 g/mol. The van der Waals surface area contributed by atoms with Gasteiger partial charge >= 0.3 is 5.97 Å². The van der Waals surface area contributed by atoms with E-state index in [-0.39, 0.29) is 24.1 Å². The van der Waals surface area contributed by atoms with Gasteiger partial charge in [0.25, 0.3) is 5.91 Å². The molecule has 2 heterocycles. The van der Waals surface area contributed by atoms with E-state index in [0.29, 0.717) is 11.6 Å². The van der Waals surface area contributed by atoms with E-state index in [0.717, 1.165) is 0 Å². The highest BCUT2D eigenvalue weighted by Gasteiger charge is 2.37. The SMILES string of the molecule is C[C@@H]1CN(C(=O)c2cc(Cl)ccn2)C[C@H]1C(=O)O. The standard InChI is InChI=1S/C12H13ClN2O3/c1-7-5-15(6-9(7)12(17)18)11(16)10-4-8(13)2-3-14-10/h2-4,7,9H,5-6H2,1H3,(H,17,18)/t7-,9-/m1/s1. The van der Waals surface area contributed by atoms with Gasteiger partial charge in [0.15, 0.2) is 0 Å². The number of hydrogen-bond acceptors (Lipinski definition) is 3. The summed E-state index contributed by atoms with van der Waals surface area (Å²) >= 11 is 5.80. The first-order valence-corrected chi connectivity index (χ1v) is 6.00. The average molecular weight is 269 g/mol. The summed E-state index contributed by atoms with van der Waals surface area (Å²) in [7, 11) is 0. The summed E-state index contributed by atoms with van der Waals surface area (Å²) in [5.41, 5.74) is 0.251. The van der Waals surface area contributed by atoms with Gasteiger partial charge < -0.3 is 10.0 Å². The van der Waals surface area contributed by atoms with Crippen LogP contribution in [-0.4, -0.2) is 40.0 Å². The Balaban J connectivity index is 2.14. The molecule has 0 aromatic carbocycles. The normalized spacial score (nSPS) is 23.1. The fourth-order valence-electron chi connectivity index (χ4n) is 2.14. The van der Waals surface area contributed by atoms with E-state index in [9.17, 15) is 9.59 Å². The molecular formula is C12H13ClN2O3. The van der Waals surface area contributed by atoms with Gasteiger partial charge in [-0.15, -0.1) is 0 Å². The topological polar surface area (TPSA) is 70.5 Å². The van der Waals surface area contributed by atoms with Crippen molar-refractivity contribution in [1.82, 2.24) is 9.88 Å². The minimum absolute atomic E-state index is 0.0503. The lowest BCUT2D eigenvalue weighted by atomic mass is 9.99. The molecule has 0 bridgehead atoms. The van der Waals surface area contributed by atoms with E-state index in [4.69, 9.17) is 16.7 Å². The van der Waals surface area contributed by atoms with Crippen molar-refractivity contribution in [1.29, 1.82) is 0 Å². The molecule has 6 heteroatoms. The molecule has 0 unspecified atom stereocenters. The number of carboxylic acid groups (broad SMARTS) is 1. The van der Waals surface area contributed by atoms with Crippen LogP contribution < -0.4 is 0 Å². The van der Waals surface area contributed by atoms with E-state index in [1.165, 1.54) is 17.2 Å². The van der Waals surface area contributed by atoms with Crippen LogP contribution in [0.4, 0.5) is 0 Å². The van der Waals surface area contributed by atoms with Crippen LogP contribution in [0.25, 0.3) is 0 Å². The second kappa shape index (κ2) is 4.94. The van der Waals surface area contributed by atoms with Crippen LogP contribution in [0, 0.1) is 11.8 Å². The van der Waals surface area contributed by atoms with Crippen molar-refractivity contribution in [3.8, 4) is 0 Å². The predicted octanol–water partition coefficient (Wildman–Crippen LogP) is 1.53. The predicted molar refractivity (Wildman–Crippen MR) is 65.4 cm³/mol. The van der Waals surface area contributed by atoms with Gasteiger partial charge in [0.05, 0.1) is 5.92 Å². The first-order chi connectivity index (χ1) is 8.49. The molecule has 2 rings (SSSR count). The van der Waals surface area contributed by atoms with Gasteiger partial charge in [-0.05, 0) is 18.1 Å². The number of amides is 1. The molecule has 1 N–H and O–H groups in total. The van der Waals surface area contributed by atoms with Crippen LogP contribution in [0.2, 0.25) is 5.02 Å². The highest BCUT2D eigenvalue weighted by Crippen LogP contribution is 2.24. The summed E-state index contributed by atoms with van der Waals surface area (Å²) in [6.45, 7) is 2.49. The Kier molecular flexibility index (Phi) is 3.52. The fourth-order valence-corrected chi connectivity index (χ4v) is 2.30. The number of carbonyl (C=O) groups excluding carboxylic acids is 1. The summed E-state index contributed by atoms with van der Waals surface area (Å²) in [6.07, 6.45) is 1.46. The molecule has 96 valence electrons. The van der Waals surface area contributed by atoms with Gasteiger partial charge in [0.2, 0.25) is 0 Å². The Morgan fingerprint density at radius 1 is 1.50 bits per heavy atom. The largest absolute Gasteiger partial charge is 0.481 e. The van der Waals surface area contributed by atoms with Gasteiger partial charge in [-0.3, -0.25) is 14.6 Å². The maximum Gasteiger partial charge on any atom is 0.308 e. The van der Waals surface area contributed by atoms with Crippen molar-refractivity contribution in [2.75, 3.05) is 13.1 Å². The molecule has 5 nitrogen and oxygen atoms in total. The average Bonchev–Trinajstić information content (AvgIpc) is 2.70. The van der Waals surface area contributed by atoms with Gasteiger partial charge in [0.1, 0.15) is 5.69 Å². The second-order valence-electron chi connectivity index (χ2n) is 4.49. The number of aliphatic carboxylic acids is 1. The number of rotatable bonds is 2. The van der Waals surface area contributed by atoms with Crippen LogP contribution in [0.3, 0.4) is 0 Å². The molecule has 18 heavy (non-hydrogen) atoms. The number of hydrogen-bond donors (Lipinski definition) is 1. The maximum absolute atomic E-state index is 12.1. The molecule has 1 amide bonds. The van der Waals surface area contributed by atoms with E-state index in [1.807, 2.05) is 6.92 Å². The second-order valence-corrected chi connectivity index (χ2v) is 4.93. The van der Waals surface area contributed by atoms with Crippen molar-refractivity contribution in [3.63, 3.8) is 0 Å². The molecule has 1 aliphatic rings. The minimum atomic E-state index is -0.864. The summed E-state index contributed by atoms with van der Waals surface area (Å²) < 4.78 is 0. The Labute approximate surface area is 109 Å². The first-order valence-electron chi connectivity index (χ1n) is 5.62. The number of nitrogens with zero attached hydrogens (tertiary/aromatic N) is 2. The van der Waals surface area contributed by atoms with Gasteiger partial charge in [0, 0.05) is 24.3 Å². The van der Waals surface area contributed by atoms with Crippen LogP contribution in [-0.2, 0) is 4.79 Å². The van der Waals surface area contributed by atoms with Gasteiger partial charge in [-0.2, -0.15) is 0 Å². The number of carbonyl (C=O) groups is 2. The smallest absolute Gasteiger partial charge is 0.308 e. The summed E-state index contributed by atoms with van der Waals surface area (Å²) in [4.78, 5) is 28.6. The summed E-state index contributed by atoms with van der Waals surface area (Å²) in [5.74, 6) is -1.69. The number of carboxylic acids is 1. The molecule has 2 atom stereocenters. The van der Waals surface area contributed by atoms with Gasteiger partial charge in [-0.25, -0.2) is 0 Å². The lowest BCUT2D eigenvalue weighted by molar-refractivity contribution is -0.142.